The summed E-state index contributed by atoms with van der Waals surface area (Å²) in [5.74, 6) is 3.26. The van der Waals surface area contributed by atoms with E-state index in [-0.39, 0.29) is 12.0 Å². The number of fused-ring (bicyclic) bond motifs is 7. The average molecular weight is 646 g/mol. The van der Waals surface area contributed by atoms with E-state index in [1.165, 1.54) is 44.3 Å². The molecule has 0 fully saturated rings. The first-order valence-corrected chi connectivity index (χ1v) is 20.5. The third-order valence-electron chi connectivity index (χ3n) is 9.95. The Hall–Kier alpha value is -4.00. The molecule has 1 N–H and O–H groups in total. The Balaban J connectivity index is 1.58. The lowest BCUT2D eigenvalue weighted by Crippen LogP contribution is -2.55. The standard InChI is InChI=1S/C41H51N3O2Si/c1-26(2)31-19-20-43-23-28(4)41-34(17-15-27(3)40(37(43)21-31)30(6)45-25-42-7)32-13-11-12-14-33(32)36-22-35(38-18-16-29(5)46-38)39(24-44(36)41)47(8,9)10/h11-14,16,18-22,24,26,34,41-42H,4,6,15,17,23,25H2,1-3,5,7-10H3/q+2. The third-order valence-corrected chi connectivity index (χ3v) is 12.0. The molecule has 5 nitrogen and oxygen atoms in total. The van der Waals surface area contributed by atoms with Gasteiger partial charge in [-0.1, -0.05) is 70.4 Å². The topological polar surface area (TPSA) is 42.2 Å². The summed E-state index contributed by atoms with van der Waals surface area (Å²) in [5.41, 5.74) is 11.2. The number of aryl methyl sites for hydroxylation is 1. The molecule has 0 spiro atoms. The molecular weight excluding hydrogens is 595 g/mol. The van der Waals surface area contributed by atoms with Gasteiger partial charge in [0.2, 0.25) is 11.4 Å². The molecule has 0 bridgehead atoms. The highest BCUT2D eigenvalue weighted by Gasteiger charge is 2.45. The second-order valence-corrected chi connectivity index (χ2v) is 19.8. The minimum absolute atomic E-state index is 0.102. The van der Waals surface area contributed by atoms with Crippen molar-refractivity contribution in [2.45, 2.75) is 84.6 Å². The van der Waals surface area contributed by atoms with Crippen LogP contribution in [0.4, 0.5) is 0 Å². The molecule has 244 valence electrons. The van der Waals surface area contributed by atoms with E-state index in [4.69, 9.17) is 15.7 Å². The van der Waals surface area contributed by atoms with Crippen LogP contribution in [0.15, 0.2) is 101 Å². The van der Waals surface area contributed by atoms with E-state index < -0.39 is 8.07 Å². The van der Waals surface area contributed by atoms with Gasteiger partial charge in [0.15, 0.2) is 25.0 Å². The van der Waals surface area contributed by atoms with Crippen LogP contribution in [0, 0.1) is 6.92 Å². The molecule has 2 aliphatic heterocycles. The minimum Gasteiger partial charge on any atom is -0.478 e. The predicted molar refractivity (Wildman–Crippen MR) is 195 cm³/mol. The van der Waals surface area contributed by atoms with Crippen LogP contribution in [-0.2, 0) is 11.3 Å². The smallest absolute Gasteiger partial charge is 0.216 e. The van der Waals surface area contributed by atoms with Gasteiger partial charge in [-0.25, -0.2) is 0 Å². The van der Waals surface area contributed by atoms with Gasteiger partial charge in [0.25, 0.3) is 0 Å². The molecule has 6 rings (SSSR count). The Labute approximate surface area is 282 Å². The molecule has 0 aliphatic carbocycles. The number of nitrogens with one attached hydrogen (secondary N) is 1. The van der Waals surface area contributed by atoms with E-state index >= 15 is 0 Å². The Morgan fingerprint density at radius 3 is 2.49 bits per heavy atom. The number of hydrogen-bond acceptors (Lipinski definition) is 3. The van der Waals surface area contributed by atoms with Gasteiger partial charge in [-0.15, -0.1) is 0 Å². The van der Waals surface area contributed by atoms with E-state index in [0.717, 1.165) is 35.6 Å². The van der Waals surface area contributed by atoms with E-state index in [2.05, 4.69) is 128 Å². The Morgan fingerprint density at radius 1 is 1.04 bits per heavy atom. The highest BCUT2D eigenvalue weighted by Crippen LogP contribution is 2.45. The lowest BCUT2D eigenvalue weighted by Gasteiger charge is -2.33. The first-order valence-electron chi connectivity index (χ1n) is 17.0. The van der Waals surface area contributed by atoms with E-state index in [0.29, 0.717) is 25.0 Å². The van der Waals surface area contributed by atoms with Crippen LogP contribution in [0.5, 0.6) is 0 Å². The quantitative estimate of drug-likeness (QED) is 0.0723. The van der Waals surface area contributed by atoms with Gasteiger partial charge in [0.1, 0.15) is 24.0 Å². The van der Waals surface area contributed by atoms with Crippen LogP contribution in [0.1, 0.15) is 74.1 Å². The van der Waals surface area contributed by atoms with Crippen molar-refractivity contribution < 1.29 is 18.3 Å². The fraction of sp³-hybridized carbons (Fsp3) is 0.366. The highest BCUT2D eigenvalue weighted by atomic mass is 28.3. The van der Waals surface area contributed by atoms with Gasteiger partial charge in [-0.3, -0.25) is 5.32 Å². The van der Waals surface area contributed by atoms with Crippen molar-refractivity contribution in [3.05, 3.63) is 120 Å². The van der Waals surface area contributed by atoms with E-state index in [9.17, 15) is 0 Å². The number of allylic oxidation sites excluding steroid dienone is 3. The monoisotopic (exact) mass is 645 g/mol. The van der Waals surface area contributed by atoms with Gasteiger partial charge in [0.05, 0.1) is 25.1 Å². The van der Waals surface area contributed by atoms with Crippen molar-refractivity contribution in [3.63, 3.8) is 0 Å². The van der Waals surface area contributed by atoms with Gasteiger partial charge in [0, 0.05) is 34.5 Å². The van der Waals surface area contributed by atoms with Crippen LogP contribution < -0.4 is 19.6 Å². The number of pyridine rings is 2. The number of rotatable bonds is 7. The molecule has 0 radical (unpaired) electrons. The summed E-state index contributed by atoms with van der Waals surface area (Å²) in [6.45, 7) is 26.5. The molecule has 0 saturated heterocycles. The van der Waals surface area contributed by atoms with Crippen LogP contribution in [-0.4, -0.2) is 21.9 Å². The summed E-state index contributed by atoms with van der Waals surface area (Å²) in [6, 6.07) is 20.3. The summed E-state index contributed by atoms with van der Waals surface area (Å²) in [6.07, 6.45) is 6.62. The lowest BCUT2D eigenvalue weighted by molar-refractivity contribution is -0.726. The SMILES string of the molecule is C=C(OCNC)C1=C(C)CCC2c3ccccc3-c3cc(-c4ccc(C)o4)c([Si](C)(C)C)c[n+]3C2C(=C)C[n+]2ccc(C(C)C)cc21. The molecule has 3 aromatic heterocycles. The maximum atomic E-state index is 6.28. The Morgan fingerprint density at radius 2 is 1.81 bits per heavy atom. The average Bonchev–Trinajstić information content (AvgIpc) is 3.47. The summed E-state index contributed by atoms with van der Waals surface area (Å²) >= 11 is 0. The summed E-state index contributed by atoms with van der Waals surface area (Å²) in [4.78, 5) is 0. The zero-order valence-corrected chi connectivity index (χ0v) is 30.5. The number of furan rings is 1. The van der Waals surface area contributed by atoms with E-state index in [1.54, 1.807) is 0 Å². The van der Waals surface area contributed by atoms with Crippen molar-refractivity contribution in [2.24, 2.45) is 0 Å². The maximum absolute atomic E-state index is 6.28. The normalized spacial score (nSPS) is 17.9. The zero-order valence-electron chi connectivity index (χ0n) is 29.5. The fourth-order valence-corrected chi connectivity index (χ4v) is 9.04. The molecule has 6 heteroatoms. The van der Waals surface area contributed by atoms with Crippen molar-refractivity contribution in [2.75, 3.05) is 13.8 Å². The van der Waals surface area contributed by atoms with Gasteiger partial charge in [-0.2, -0.15) is 9.13 Å². The second-order valence-electron chi connectivity index (χ2n) is 14.7. The van der Waals surface area contributed by atoms with Gasteiger partial charge < -0.3 is 9.15 Å². The summed E-state index contributed by atoms with van der Waals surface area (Å²) in [5, 5.41) is 4.53. The van der Waals surface area contributed by atoms with Crippen molar-refractivity contribution >= 4 is 18.8 Å². The van der Waals surface area contributed by atoms with E-state index in [1.807, 2.05) is 14.0 Å². The number of nitrogens with zero attached hydrogens (tertiary/aromatic N) is 2. The van der Waals surface area contributed by atoms with Crippen LogP contribution in [0.2, 0.25) is 19.6 Å². The molecule has 2 atom stereocenters. The summed E-state index contributed by atoms with van der Waals surface area (Å²) < 4.78 is 17.4. The molecule has 2 aliphatic rings. The molecule has 47 heavy (non-hydrogen) atoms. The molecule has 0 amide bonds. The Bertz CT molecular complexity index is 1890. The fourth-order valence-electron chi connectivity index (χ4n) is 7.51. The molecule has 2 unspecified atom stereocenters. The third kappa shape index (κ3) is 6.21. The highest BCUT2D eigenvalue weighted by molar-refractivity contribution is 6.89. The maximum Gasteiger partial charge on any atom is 0.216 e. The molecule has 1 aromatic carbocycles. The number of benzene rings is 1. The number of hydrogen-bond donors (Lipinski definition) is 1. The zero-order chi connectivity index (χ0) is 33.6. The van der Waals surface area contributed by atoms with Crippen molar-refractivity contribution in [3.8, 4) is 22.6 Å². The molecule has 4 aromatic rings. The van der Waals surface area contributed by atoms with Crippen LogP contribution in [0.25, 0.3) is 28.2 Å². The van der Waals surface area contributed by atoms with Crippen molar-refractivity contribution in [1.29, 1.82) is 0 Å². The Kier molecular flexibility index (Phi) is 9.03. The second kappa shape index (κ2) is 12.9. The number of ether oxygens (including phenoxy) is 1. The van der Waals surface area contributed by atoms with Gasteiger partial charge in [-0.05, 0) is 69.0 Å². The first-order chi connectivity index (χ1) is 22.4. The van der Waals surface area contributed by atoms with Crippen LogP contribution >= 0.6 is 0 Å². The molecule has 0 saturated carbocycles. The minimum atomic E-state index is -1.79. The lowest BCUT2D eigenvalue weighted by atomic mass is 9.76. The number of aromatic nitrogens is 2. The van der Waals surface area contributed by atoms with Crippen LogP contribution in [0.3, 0.4) is 0 Å². The first kappa shape index (κ1) is 32.9. The molecular formula is C41H51N3O2Si+2. The van der Waals surface area contributed by atoms with Gasteiger partial charge >= 0.3 is 0 Å². The molecule has 5 heterocycles. The predicted octanol–water partition coefficient (Wildman–Crippen LogP) is 8.33. The van der Waals surface area contributed by atoms with Crippen molar-refractivity contribution in [1.82, 2.24) is 5.32 Å². The summed E-state index contributed by atoms with van der Waals surface area (Å²) in [7, 11) is 0.105. The largest absolute Gasteiger partial charge is 0.478 e.